The number of carbonyl (C=O) groups excluding carboxylic acids is 1. The van der Waals surface area contributed by atoms with Crippen molar-refractivity contribution >= 4 is 14.8 Å². The minimum Gasteiger partial charge on any atom is -0.463 e. The molecular formula is C13H26O3Si. The molecule has 0 amide bonds. The van der Waals surface area contributed by atoms with Crippen LogP contribution in [0.5, 0.6) is 0 Å². The summed E-state index contributed by atoms with van der Waals surface area (Å²) in [5, 5.41) is 0. The van der Waals surface area contributed by atoms with Crippen LogP contribution in [-0.2, 0) is 14.3 Å². The number of hydrogen-bond acceptors (Lipinski definition) is 3. The minimum atomic E-state index is -0.785. The van der Waals surface area contributed by atoms with Crippen LogP contribution in [0.1, 0.15) is 33.1 Å². The third-order valence-electron chi connectivity index (χ3n) is 3.08. The molecule has 17 heavy (non-hydrogen) atoms. The smallest absolute Gasteiger partial charge is 0.330 e. The van der Waals surface area contributed by atoms with Gasteiger partial charge in [-0.1, -0.05) is 38.4 Å². The molecule has 0 aromatic rings. The van der Waals surface area contributed by atoms with Crippen molar-refractivity contribution in [2.24, 2.45) is 0 Å². The first kappa shape index (κ1) is 16.4. The number of carbonyl (C=O) groups is 1. The second-order valence-electron chi connectivity index (χ2n) is 4.36. The fourth-order valence-electron chi connectivity index (χ4n) is 1.92. The van der Waals surface area contributed by atoms with Crippen molar-refractivity contribution in [2.75, 3.05) is 13.7 Å². The maximum absolute atomic E-state index is 10.8. The highest BCUT2D eigenvalue weighted by Gasteiger charge is 2.17. The summed E-state index contributed by atoms with van der Waals surface area (Å²) in [6.07, 6.45) is 4.54. The van der Waals surface area contributed by atoms with Gasteiger partial charge < -0.3 is 9.47 Å². The van der Waals surface area contributed by atoms with Crippen molar-refractivity contribution in [1.29, 1.82) is 0 Å². The number of rotatable bonds is 10. The molecule has 0 bridgehead atoms. The quantitative estimate of drug-likeness (QED) is 0.261. The number of ether oxygens (including phenoxy) is 2. The van der Waals surface area contributed by atoms with Crippen molar-refractivity contribution in [1.82, 2.24) is 0 Å². The molecule has 0 heterocycles. The van der Waals surface area contributed by atoms with E-state index in [-0.39, 0.29) is 5.97 Å². The lowest BCUT2D eigenvalue weighted by molar-refractivity contribution is -0.137. The number of hydrogen-bond donors (Lipinski definition) is 0. The summed E-state index contributed by atoms with van der Waals surface area (Å²) in [6, 6.07) is 2.61. The molecule has 0 aliphatic rings. The van der Waals surface area contributed by atoms with Crippen LogP contribution in [0.15, 0.2) is 12.7 Å². The van der Waals surface area contributed by atoms with Gasteiger partial charge in [-0.2, -0.15) is 0 Å². The molecule has 0 rings (SSSR count). The third-order valence-corrected chi connectivity index (χ3v) is 7.14. The molecule has 4 heteroatoms. The predicted octanol–water partition coefficient (Wildman–Crippen LogP) is 2.71. The van der Waals surface area contributed by atoms with E-state index >= 15 is 0 Å². The van der Waals surface area contributed by atoms with Crippen molar-refractivity contribution in [3.05, 3.63) is 12.7 Å². The number of methoxy groups -OCH3 is 1. The average molecular weight is 258 g/mol. The molecule has 0 radical (unpaired) electrons. The van der Waals surface area contributed by atoms with E-state index in [1.165, 1.54) is 24.6 Å². The lowest BCUT2D eigenvalue weighted by Gasteiger charge is -2.20. The first-order valence-electron chi connectivity index (χ1n) is 6.47. The Balaban J connectivity index is 3.67. The number of unbranched alkanes of at least 4 members (excludes halogenated alkanes) is 1. The van der Waals surface area contributed by atoms with Crippen molar-refractivity contribution < 1.29 is 14.3 Å². The molecule has 2 atom stereocenters. The van der Waals surface area contributed by atoms with Crippen LogP contribution in [-0.4, -0.2) is 34.2 Å². The van der Waals surface area contributed by atoms with Crippen LogP contribution >= 0.6 is 0 Å². The van der Waals surface area contributed by atoms with Crippen molar-refractivity contribution in [2.45, 2.75) is 50.9 Å². The highest BCUT2D eigenvalue weighted by molar-refractivity contribution is 6.60. The van der Waals surface area contributed by atoms with Gasteiger partial charge in [0.2, 0.25) is 0 Å². The minimum absolute atomic E-state index is 0.322. The van der Waals surface area contributed by atoms with Crippen LogP contribution in [0.2, 0.25) is 12.1 Å². The van der Waals surface area contributed by atoms with E-state index in [0.717, 1.165) is 12.8 Å². The molecule has 3 nitrogen and oxygen atoms in total. The first-order valence-corrected chi connectivity index (χ1v) is 8.77. The zero-order valence-electron chi connectivity index (χ0n) is 11.4. The molecule has 0 aromatic heterocycles. The first-order chi connectivity index (χ1) is 8.15. The Hall–Kier alpha value is -0.613. The summed E-state index contributed by atoms with van der Waals surface area (Å²) in [7, 11) is 1.01. The molecule has 0 N–H and O–H groups in total. The van der Waals surface area contributed by atoms with Gasteiger partial charge in [0.05, 0.1) is 15.4 Å². The molecule has 0 spiro atoms. The Morgan fingerprint density at radius 1 is 1.41 bits per heavy atom. The molecule has 0 fully saturated rings. The van der Waals surface area contributed by atoms with Gasteiger partial charge in [0.1, 0.15) is 0 Å². The average Bonchev–Trinajstić information content (AvgIpc) is 2.35. The van der Waals surface area contributed by atoms with Gasteiger partial charge in [-0.15, -0.1) is 0 Å². The summed E-state index contributed by atoms with van der Waals surface area (Å²) < 4.78 is 10.4. The van der Waals surface area contributed by atoms with Gasteiger partial charge in [0.25, 0.3) is 0 Å². The predicted molar refractivity (Wildman–Crippen MR) is 73.9 cm³/mol. The Morgan fingerprint density at radius 3 is 2.65 bits per heavy atom. The van der Waals surface area contributed by atoms with E-state index < -0.39 is 8.80 Å². The Kier molecular flexibility index (Phi) is 10.2. The van der Waals surface area contributed by atoms with Gasteiger partial charge in [0, 0.05) is 18.9 Å². The van der Waals surface area contributed by atoms with E-state index in [1.54, 1.807) is 7.11 Å². The van der Waals surface area contributed by atoms with Crippen LogP contribution in [0.3, 0.4) is 0 Å². The van der Waals surface area contributed by atoms with E-state index in [9.17, 15) is 4.79 Å². The normalized spacial score (nSPS) is 14.1. The zero-order chi connectivity index (χ0) is 13.1. The van der Waals surface area contributed by atoms with Crippen molar-refractivity contribution in [3.8, 4) is 0 Å². The zero-order valence-corrected chi connectivity index (χ0v) is 12.6. The third kappa shape index (κ3) is 8.16. The van der Waals surface area contributed by atoms with Crippen LogP contribution < -0.4 is 0 Å². The highest BCUT2D eigenvalue weighted by Crippen LogP contribution is 2.13. The van der Waals surface area contributed by atoms with E-state index in [2.05, 4.69) is 20.4 Å². The molecule has 2 unspecified atom stereocenters. The van der Waals surface area contributed by atoms with E-state index in [0.29, 0.717) is 12.3 Å². The molecule has 100 valence electrons. The molecule has 0 aliphatic carbocycles. The number of esters is 1. The monoisotopic (exact) mass is 258 g/mol. The summed E-state index contributed by atoms with van der Waals surface area (Å²) in [5.41, 5.74) is 0.450. The van der Waals surface area contributed by atoms with Crippen molar-refractivity contribution in [3.63, 3.8) is 0 Å². The fraction of sp³-hybridized carbons (Fsp3) is 0.769. The lowest BCUT2D eigenvalue weighted by atomic mass is 10.3. The highest BCUT2D eigenvalue weighted by atomic mass is 28.3. The van der Waals surface area contributed by atoms with Gasteiger partial charge in [0.15, 0.2) is 0 Å². The second kappa shape index (κ2) is 10.5. The maximum atomic E-state index is 10.8. The molecular weight excluding hydrogens is 232 g/mol. The Labute approximate surface area is 107 Å². The maximum Gasteiger partial charge on any atom is 0.330 e. The van der Waals surface area contributed by atoms with Crippen LogP contribution in [0, 0.1) is 0 Å². The molecule has 0 saturated carbocycles. The summed E-state index contributed by atoms with van der Waals surface area (Å²) >= 11 is 0. The van der Waals surface area contributed by atoms with Gasteiger partial charge >= 0.3 is 5.97 Å². The topological polar surface area (TPSA) is 35.5 Å². The SMILES string of the molecule is C=CC(=O)OCCCC[SiH](CCC)C(C)OC. The molecule has 0 aromatic carbocycles. The Morgan fingerprint density at radius 2 is 2.12 bits per heavy atom. The van der Waals surface area contributed by atoms with Gasteiger partial charge in [-0.25, -0.2) is 4.79 Å². The van der Waals surface area contributed by atoms with Crippen LogP contribution in [0.4, 0.5) is 0 Å². The summed E-state index contributed by atoms with van der Waals surface area (Å²) in [5.74, 6) is -0.322. The lowest BCUT2D eigenvalue weighted by Crippen LogP contribution is -2.29. The van der Waals surface area contributed by atoms with Gasteiger partial charge in [-0.3, -0.25) is 0 Å². The second-order valence-corrected chi connectivity index (χ2v) is 7.97. The largest absolute Gasteiger partial charge is 0.463 e. The standard InChI is InChI=1S/C13H26O3Si/c1-5-10-17(12(3)15-4)11-8-7-9-16-13(14)6-2/h6,12,17H,2,5,7-11H2,1,3-4H3. The van der Waals surface area contributed by atoms with E-state index in [1.807, 2.05) is 0 Å². The summed E-state index contributed by atoms with van der Waals surface area (Å²) in [4.78, 5) is 10.8. The van der Waals surface area contributed by atoms with E-state index in [4.69, 9.17) is 9.47 Å². The van der Waals surface area contributed by atoms with Gasteiger partial charge in [-0.05, 0) is 13.3 Å². The molecule has 0 saturated heterocycles. The summed E-state index contributed by atoms with van der Waals surface area (Å²) in [6.45, 7) is 8.29. The Bertz CT molecular complexity index is 219. The molecule has 0 aliphatic heterocycles. The fourth-order valence-corrected chi connectivity index (χ4v) is 5.08. The van der Waals surface area contributed by atoms with Crippen LogP contribution in [0.25, 0.3) is 0 Å².